The Morgan fingerprint density at radius 2 is 1.93 bits per heavy atom. The summed E-state index contributed by atoms with van der Waals surface area (Å²) in [6.07, 6.45) is 3.79. The van der Waals surface area contributed by atoms with Gasteiger partial charge in [-0.25, -0.2) is 0 Å². The van der Waals surface area contributed by atoms with Gasteiger partial charge in [0, 0.05) is 25.7 Å². The Bertz CT molecular complexity index is 575. The third-order valence-corrected chi connectivity index (χ3v) is 4.97. The van der Waals surface area contributed by atoms with Crippen LogP contribution in [0.15, 0.2) is 23.2 Å². The molecule has 0 aromatic heterocycles. The van der Waals surface area contributed by atoms with E-state index in [1.807, 2.05) is 18.2 Å². The van der Waals surface area contributed by atoms with E-state index < -0.39 is 0 Å². The zero-order valence-electron chi connectivity index (χ0n) is 17.1. The van der Waals surface area contributed by atoms with Gasteiger partial charge >= 0.3 is 0 Å². The molecule has 0 spiro atoms. The molecule has 0 bridgehead atoms. The van der Waals surface area contributed by atoms with Crippen LogP contribution in [0.4, 0.5) is 0 Å². The fourth-order valence-corrected chi connectivity index (χ4v) is 3.29. The minimum absolute atomic E-state index is 0. The largest absolute Gasteiger partial charge is 0.493 e. The van der Waals surface area contributed by atoms with Crippen LogP contribution in [-0.4, -0.2) is 58.3 Å². The number of ether oxygens (including phenoxy) is 2. The Morgan fingerprint density at radius 1 is 1.19 bits per heavy atom. The minimum atomic E-state index is 0. The molecule has 2 N–H and O–H groups in total. The second-order valence-corrected chi connectivity index (χ2v) is 6.88. The van der Waals surface area contributed by atoms with E-state index in [9.17, 15) is 0 Å². The van der Waals surface area contributed by atoms with Crippen LogP contribution in [0.2, 0.25) is 0 Å². The smallest absolute Gasteiger partial charge is 0.191 e. The van der Waals surface area contributed by atoms with Crippen LogP contribution in [0.3, 0.4) is 0 Å². The van der Waals surface area contributed by atoms with Crippen LogP contribution in [0.5, 0.6) is 11.5 Å². The molecule has 0 atom stereocenters. The van der Waals surface area contributed by atoms with Gasteiger partial charge in [0.1, 0.15) is 0 Å². The molecular formula is C20H35IN4O2. The summed E-state index contributed by atoms with van der Waals surface area (Å²) in [6, 6.07) is 5.89. The van der Waals surface area contributed by atoms with Crippen LogP contribution < -0.4 is 20.1 Å². The third kappa shape index (κ3) is 7.73. The van der Waals surface area contributed by atoms with Crippen molar-refractivity contribution < 1.29 is 9.47 Å². The minimum Gasteiger partial charge on any atom is -0.493 e. The molecule has 1 aromatic carbocycles. The highest BCUT2D eigenvalue weighted by Crippen LogP contribution is 2.30. The maximum atomic E-state index is 5.48. The highest BCUT2D eigenvalue weighted by Gasteiger charge is 2.15. The fourth-order valence-electron chi connectivity index (χ4n) is 3.29. The Hall–Kier alpha value is -1.22. The number of methoxy groups -OCH3 is 2. The van der Waals surface area contributed by atoms with E-state index in [0.717, 1.165) is 48.5 Å². The first-order valence-corrected chi connectivity index (χ1v) is 9.54. The van der Waals surface area contributed by atoms with Crippen LogP contribution in [0.25, 0.3) is 0 Å². The Balaban J connectivity index is 0.00000364. The van der Waals surface area contributed by atoms with Gasteiger partial charge < -0.3 is 25.0 Å². The predicted molar refractivity (Wildman–Crippen MR) is 123 cm³/mol. The van der Waals surface area contributed by atoms with E-state index in [2.05, 4.69) is 27.4 Å². The number of rotatable bonds is 8. The van der Waals surface area contributed by atoms with Gasteiger partial charge in [0.15, 0.2) is 17.5 Å². The number of halogens is 1. The molecule has 1 fully saturated rings. The van der Waals surface area contributed by atoms with Crippen molar-refractivity contribution in [3.05, 3.63) is 23.8 Å². The summed E-state index contributed by atoms with van der Waals surface area (Å²) < 4.78 is 10.8. The zero-order valence-corrected chi connectivity index (χ0v) is 19.4. The first-order valence-electron chi connectivity index (χ1n) is 9.54. The van der Waals surface area contributed by atoms with Gasteiger partial charge in [0.25, 0.3) is 0 Å². The molecule has 0 unspecified atom stereocenters. The van der Waals surface area contributed by atoms with Crippen LogP contribution in [0, 0.1) is 5.92 Å². The van der Waals surface area contributed by atoms with Gasteiger partial charge in [0.05, 0.1) is 14.2 Å². The molecule has 1 aromatic rings. The average molecular weight is 490 g/mol. The summed E-state index contributed by atoms with van der Waals surface area (Å²) in [5.41, 5.74) is 1.04. The quantitative estimate of drug-likeness (QED) is 0.254. The second-order valence-electron chi connectivity index (χ2n) is 6.88. The van der Waals surface area contributed by atoms with Gasteiger partial charge in [-0.15, -0.1) is 24.0 Å². The summed E-state index contributed by atoms with van der Waals surface area (Å²) in [6.45, 7) is 7.53. The van der Waals surface area contributed by atoms with Crippen molar-refractivity contribution >= 4 is 29.9 Å². The molecule has 27 heavy (non-hydrogen) atoms. The summed E-state index contributed by atoms with van der Waals surface area (Å²) in [4.78, 5) is 6.87. The number of hydrogen-bond acceptors (Lipinski definition) is 4. The topological polar surface area (TPSA) is 58.1 Å². The van der Waals surface area contributed by atoms with E-state index in [-0.39, 0.29) is 24.0 Å². The number of likely N-dealkylation sites (tertiary alicyclic amines) is 1. The number of benzene rings is 1. The lowest BCUT2D eigenvalue weighted by Crippen LogP contribution is -2.39. The van der Waals surface area contributed by atoms with Crippen molar-refractivity contribution in [2.75, 3.05) is 47.4 Å². The number of nitrogens with one attached hydrogen (secondary N) is 2. The number of hydrogen-bond donors (Lipinski definition) is 2. The number of aliphatic imine (C=N–C) groups is 1. The van der Waals surface area contributed by atoms with Crippen LogP contribution in [-0.2, 0) is 6.54 Å². The van der Waals surface area contributed by atoms with Gasteiger partial charge in [-0.2, -0.15) is 0 Å². The molecule has 6 nitrogen and oxygen atoms in total. The SMILES string of the molecule is CN=C(NCCCN1CCC(C)CC1)NCc1cccc(OC)c1OC.I. The molecule has 1 heterocycles. The average Bonchev–Trinajstić information content (AvgIpc) is 2.68. The van der Waals surface area contributed by atoms with E-state index in [1.165, 1.54) is 25.9 Å². The van der Waals surface area contributed by atoms with Crippen molar-refractivity contribution in [2.24, 2.45) is 10.9 Å². The molecule has 0 aliphatic carbocycles. The summed E-state index contributed by atoms with van der Waals surface area (Å²) in [7, 11) is 5.11. The predicted octanol–water partition coefficient (Wildman–Crippen LogP) is 3.11. The summed E-state index contributed by atoms with van der Waals surface area (Å²) in [5, 5.41) is 6.74. The van der Waals surface area contributed by atoms with Crippen LogP contribution in [0.1, 0.15) is 31.7 Å². The number of para-hydroxylation sites is 1. The monoisotopic (exact) mass is 490 g/mol. The van der Waals surface area contributed by atoms with Crippen molar-refractivity contribution in [3.63, 3.8) is 0 Å². The maximum Gasteiger partial charge on any atom is 0.191 e. The van der Waals surface area contributed by atoms with Crippen molar-refractivity contribution in [2.45, 2.75) is 32.7 Å². The summed E-state index contributed by atoms with van der Waals surface area (Å²) in [5.74, 6) is 3.20. The summed E-state index contributed by atoms with van der Waals surface area (Å²) >= 11 is 0. The van der Waals surface area contributed by atoms with Gasteiger partial charge in [-0.3, -0.25) is 4.99 Å². The molecule has 1 aliphatic rings. The van der Waals surface area contributed by atoms with E-state index >= 15 is 0 Å². The first-order chi connectivity index (χ1) is 12.7. The lowest BCUT2D eigenvalue weighted by atomic mass is 9.99. The third-order valence-electron chi connectivity index (χ3n) is 4.97. The maximum absolute atomic E-state index is 5.48. The highest BCUT2D eigenvalue weighted by atomic mass is 127. The molecule has 154 valence electrons. The zero-order chi connectivity index (χ0) is 18.8. The molecule has 0 radical (unpaired) electrons. The fraction of sp³-hybridized carbons (Fsp3) is 0.650. The van der Waals surface area contributed by atoms with Crippen molar-refractivity contribution in [1.29, 1.82) is 0 Å². The molecule has 0 saturated carbocycles. The van der Waals surface area contributed by atoms with Gasteiger partial charge in [-0.1, -0.05) is 19.1 Å². The highest BCUT2D eigenvalue weighted by molar-refractivity contribution is 14.0. The van der Waals surface area contributed by atoms with E-state index in [1.54, 1.807) is 21.3 Å². The van der Waals surface area contributed by atoms with Crippen LogP contribution >= 0.6 is 24.0 Å². The Morgan fingerprint density at radius 3 is 2.56 bits per heavy atom. The van der Waals surface area contributed by atoms with Crippen molar-refractivity contribution in [3.8, 4) is 11.5 Å². The second kappa shape index (κ2) is 13.0. The molecule has 7 heteroatoms. The normalized spacial score (nSPS) is 15.8. The molecule has 1 saturated heterocycles. The van der Waals surface area contributed by atoms with E-state index in [4.69, 9.17) is 9.47 Å². The lowest BCUT2D eigenvalue weighted by Gasteiger charge is -2.30. The number of guanidine groups is 1. The number of piperidine rings is 1. The first kappa shape index (κ1) is 23.8. The Labute approximate surface area is 181 Å². The van der Waals surface area contributed by atoms with E-state index in [0.29, 0.717) is 6.54 Å². The molecule has 1 aliphatic heterocycles. The Kier molecular flexibility index (Phi) is 11.5. The van der Waals surface area contributed by atoms with Gasteiger partial charge in [0.2, 0.25) is 0 Å². The van der Waals surface area contributed by atoms with Crippen molar-refractivity contribution in [1.82, 2.24) is 15.5 Å². The molecule has 2 rings (SSSR count). The molecular weight excluding hydrogens is 455 g/mol. The molecule has 0 amide bonds. The standard InChI is InChI=1S/C20H34N4O2.HI/c1-16-9-13-24(14-10-16)12-6-11-22-20(21-2)23-15-17-7-5-8-18(25-3)19(17)26-4;/h5,7-8,16H,6,9-15H2,1-4H3,(H2,21,22,23);1H. The lowest BCUT2D eigenvalue weighted by molar-refractivity contribution is 0.191. The number of nitrogens with zero attached hydrogens (tertiary/aromatic N) is 2. The van der Waals surface area contributed by atoms with Gasteiger partial charge in [-0.05, 0) is 50.9 Å².